The average molecular weight is 282 g/mol. The Morgan fingerprint density at radius 1 is 1.45 bits per heavy atom. The van der Waals surface area contributed by atoms with Gasteiger partial charge in [0.1, 0.15) is 6.17 Å². The van der Waals surface area contributed by atoms with Crippen LogP contribution in [-0.2, 0) is 0 Å². The van der Waals surface area contributed by atoms with Gasteiger partial charge in [-0.1, -0.05) is 0 Å². The number of nitrogens with zero attached hydrogens (tertiary/aromatic N) is 3. The normalized spacial score (nSPS) is 22.3. The molecule has 0 bridgehead atoms. The molecule has 3 aromatic rings. The zero-order valence-corrected chi connectivity index (χ0v) is 11.2. The van der Waals surface area contributed by atoms with Crippen molar-refractivity contribution in [2.45, 2.75) is 6.17 Å². The number of allylic oxidation sites excluding steroid dienone is 1. The maximum Gasteiger partial charge on any atom is 0.196 e. The molecule has 2 aliphatic heterocycles. The van der Waals surface area contributed by atoms with E-state index in [9.17, 15) is 5.11 Å². The maximum absolute atomic E-state index is 10.2. The lowest BCUT2D eigenvalue weighted by Crippen LogP contribution is -1.94. The second-order valence-electron chi connectivity index (χ2n) is 5.06. The first kappa shape index (κ1) is 10.4. The summed E-state index contributed by atoms with van der Waals surface area (Å²) in [6, 6.07) is 3.93. The van der Waals surface area contributed by atoms with Crippen molar-refractivity contribution < 1.29 is 5.11 Å². The fraction of sp³-hybridized carbons (Fsp3) is 0.143. The topological polar surface area (TPSA) is 64.3 Å². The fourth-order valence-electron chi connectivity index (χ4n) is 2.79. The van der Waals surface area contributed by atoms with Gasteiger partial charge in [-0.25, -0.2) is 4.98 Å². The first-order valence-electron chi connectivity index (χ1n) is 6.39. The summed E-state index contributed by atoms with van der Waals surface area (Å²) in [5.74, 6) is 0.201. The Hall–Kier alpha value is -2.34. The highest BCUT2D eigenvalue weighted by atomic mass is 32.1. The third kappa shape index (κ3) is 1.26. The number of thiazole rings is 1. The van der Waals surface area contributed by atoms with E-state index in [1.54, 1.807) is 11.3 Å². The van der Waals surface area contributed by atoms with Gasteiger partial charge in [0.15, 0.2) is 5.88 Å². The molecular formula is C14H10N4OS. The number of hydrogen-bond acceptors (Lipinski definition) is 5. The molecule has 0 aliphatic carbocycles. The maximum atomic E-state index is 10.2. The van der Waals surface area contributed by atoms with Crippen LogP contribution in [0.25, 0.3) is 27.2 Å². The molecule has 4 heterocycles. The summed E-state index contributed by atoms with van der Waals surface area (Å²) in [5, 5.41) is 11.2. The quantitative estimate of drug-likeness (QED) is 0.674. The van der Waals surface area contributed by atoms with Crippen LogP contribution in [-0.4, -0.2) is 38.9 Å². The van der Waals surface area contributed by atoms with E-state index in [-0.39, 0.29) is 5.88 Å². The van der Waals surface area contributed by atoms with Crippen LogP contribution in [0, 0.1) is 0 Å². The summed E-state index contributed by atoms with van der Waals surface area (Å²) >= 11 is 1.59. The van der Waals surface area contributed by atoms with Crippen LogP contribution in [0.1, 0.15) is 5.56 Å². The Bertz CT molecular complexity index is 920. The number of H-pyrrole nitrogens is 1. The van der Waals surface area contributed by atoms with E-state index in [4.69, 9.17) is 0 Å². The van der Waals surface area contributed by atoms with E-state index >= 15 is 0 Å². The summed E-state index contributed by atoms with van der Waals surface area (Å²) in [7, 11) is 0. The standard InChI is InChI=1S/C14H10N4OS/c19-14-8(3-7-4-15-11-5-18(7)11)12-9(17-14)1-2-10-13(12)20-6-16-10/h1-4,6,11,17,19H,5H2. The number of aromatic nitrogens is 2. The third-order valence-electron chi connectivity index (χ3n) is 3.87. The highest BCUT2D eigenvalue weighted by Gasteiger charge is 2.38. The fourth-order valence-corrected chi connectivity index (χ4v) is 3.64. The van der Waals surface area contributed by atoms with Crippen molar-refractivity contribution in [3.8, 4) is 5.88 Å². The molecule has 0 amide bonds. The Labute approximate surface area is 117 Å². The Morgan fingerprint density at radius 2 is 2.40 bits per heavy atom. The second kappa shape index (κ2) is 3.40. The summed E-state index contributed by atoms with van der Waals surface area (Å²) in [6.07, 6.45) is 4.21. The molecule has 6 heteroatoms. The molecule has 1 aromatic carbocycles. The molecule has 1 fully saturated rings. The summed E-state index contributed by atoms with van der Waals surface area (Å²) in [6.45, 7) is 0.988. The molecule has 2 aliphatic rings. The van der Waals surface area contributed by atoms with Gasteiger partial charge >= 0.3 is 0 Å². The van der Waals surface area contributed by atoms with E-state index in [1.807, 2.05) is 29.9 Å². The second-order valence-corrected chi connectivity index (χ2v) is 5.91. The van der Waals surface area contributed by atoms with Crippen LogP contribution in [0.3, 0.4) is 0 Å². The minimum Gasteiger partial charge on any atom is -0.494 e. The highest BCUT2D eigenvalue weighted by Crippen LogP contribution is 2.38. The minimum atomic E-state index is 0.201. The average Bonchev–Trinajstić information content (AvgIpc) is 2.81. The van der Waals surface area contributed by atoms with E-state index in [1.165, 1.54) is 0 Å². The zero-order valence-electron chi connectivity index (χ0n) is 10.4. The molecule has 1 saturated heterocycles. The predicted molar refractivity (Wildman–Crippen MR) is 80.1 cm³/mol. The number of aliphatic imine (C=N–C) groups is 1. The van der Waals surface area contributed by atoms with Crippen molar-refractivity contribution in [1.29, 1.82) is 0 Å². The van der Waals surface area contributed by atoms with Crippen LogP contribution in [0.15, 0.2) is 28.3 Å². The largest absolute Gasteiger partial charge is 0.494 e. The first-order valence-corrected chi connectivity index (χ1v) is 7.27. The van der Waals surface area contributed by atoms with E-state index < -0.39 is 0 Å². The Kier molecular flexibility index (Phi) is 1.78. The molecule has 98 valence electrons. The van der Waals surface area contributed by atoms with Gasteiger partial charge in [-0.15, -0.1) is 11.3 Å². The van der Waals surface area contributed by atoms with E-state index in [2.05, 4.69) is 19.9 Å². The van der Waals surface area contributed by atoms with E-state index in [0.717, 1.165) is 38.9 Å². The molecule has 1 atom stereocenters. The third-order valence-corrected chi connectivity index (χ3v) is 4.73. The van der Waals surface area contributed by atoms with Gasteiger partial charge in [-0.05, 0) is 18.2 Å². The predicted octanol–water partition coefficient (Wildman–Crippen LogP) is 2.55. The SMILES string of the molecule is Oc1[nH]c2ccc3ncsc3c2c1C=C1C=NC2CN12. The van der Waals surface area contributed by atoms with Crippen LogP contribution < -0.4 is 0 Å². The lowest BCUT2D eigenvalue weighted by Gasteiger charge is -2.00. The minimum absolute atomic E-state index is 0.201. The molecule has 2 N–H and O–H groups in total. The number of aromatic hydroxyl groups is 1. The number of aromatic amines is 1. The van der Waals surface area contributed by atoms with Gasteiger partial charge in [0, 0.05) is 17.2 Å². The molecule has 20 heavy (non-hydrogen) atoms. The molecule has 0 radical (unpaired) electrons. The number of hydrogen-bond donors (Lipinski definition) is 2. The molecule has 5 rings (SSSR count). The molecule has 1 unspecified atom stereocenters. The summed E-state index contributed by atoms with van der Waals surface area (Å²) in [5.41, 5.74) is 5.62. The van der Waals surface area contributed by atoms with Crippen molar-refractivity contribution in [3.05, 3.63) is 28.9 Å². The highest BCUT2D eigenvalue weighted by molar-refractivity contribution is 7.17. The van der Waals surface area contributed by atoms with Gasteiger partial charge < -0.3 is 15.0 Å². The molecule has 5 nitrogen and oxygen atoms in total. The summed E-state index contributed by atoms with van der Waals surface area (Å²) < 4.78 is 1.10. The first-order chi connectivity index (χ1) is 9.81. The molecule has 0 saturated carbocycles. The number of benzene rings is 1. The van der Waals surface area contributed by atoms with Gasteiger partial charge in [0.25, 0.3) is 0 Å². The van der Waals surface area contributed by atoms with Crippen molar-refractivity contribution >= 4 is 44.7 Å². The Balaban J connectivity index is 1.84. The van der Waals surface area contributed by atoms with Crippen LogP contribution in [0.2, 0.25) is 0 Å². The molecule has 2 aromatic heterocycles. The van der Waals surface area contributed by atoms with Gasteiger partial charge in [-0.2, -0.15) is 0 Å². The number of nitrogens with one attached hydrogen (secondary N) is 1. The van der Waals surface area contributed by atoms with Crippen molar-refractivity contribution in [2.24, 2.45) is 4.99 Å². The smallest absolute Gasteiger partial charge is 0.196 e. The van der Waals surface area contributed by atoms with Gasteiger partial charge in [-0.3, -0.25) is 4.99 Å². The lowest BCUT2D eigenvalue weighted by molar-refractivity contribution is 0.457. The zero-order chi connectivity index (χ0) is 13.3. The van der Waals surface area contributed by atoms with Gasteiger partial charge in [0.05, 0.1) is 33.5 Å². The molecular weight excluding hydrogens is 272 g/mol. The van der Waals surface area contributed by atoms with Crippen molar-refractivity contribution in [2.75, 3.05) is 6.54 Å². The number of rotatable bonds is 1. The van der Waals surface area contributed by atoms with Crippen molar-refractivity contribution in [3.63, 3.8) is 0 Å². The Morgan fingerprint density at radius 3 is 3.20 bits per heavy atom. The lowest BCUT2D eigenvalue weighted by atomic mass is 10.1. The van der Waals surface area contributed by atoms with E-state index in [0.29, 0.717) is 6.17 Å². The monoisotopic (exact) mass is 282 g/mol. The van der Waals surface area contributed by atoms with Crippen LogP contribution >= 0.6 is 11.3 Å². The molecule has 0 spiro atoms. The van der Waals surface area contributed by atoms with Gasteiger partial charge in [0.2, 0.25) is 0 Å². The van der Waals surface area contributed by atoms with Crippen LogP contribution in [0.4, 0.5) is 0 Å². The van der Waals surface area contributed by atoms with Crippen molar-refractivity contribution in [1.82, 2.24) is 14.9 Å². The van der Waals surface area contributed by atoms with Crippen LogP contribution in [0.5, 0.6) is 5.88 Å². The summed E-state index contributed by atoms with van der Waals surface area (Å²) in [4.78, 5) is 13.9. The number of fused-ring (bicyclic) bond motifs is 4.